The van der Waals surface area contributed by atoms with Crippen molar-refractivity contribution in [2.75, 3.05) is 6.54 Å². The molecule has 1 fully saturated rings. The Kier molecular flexibility index (Phi) is 3.31. The molecule has 0 amide bonds. The van der Waals surface area contributed by atoms with Crippen LogP contribution in [0.4, 0.5) is 0 Å². The SMILES string of the molecule is CCc1ccc(C(O)C2(CN)CCC2)cc1. The van der Waals surface area contributed by atoms with Gasteiger partial charge >= 0.3 is 0 Å². The summed E-state index contributed by atoms with van der Waals surface area (Å²) < 4.78 is 0. The maximum atomic E-state index is 10.4. The zero-order chi connectivity index (χ0) is 11.6. The Labute approximate surface area is 97.5 Å². The summed E-state index contributed by atoms with van der Waals surface area (Å²) in [7, 11) is 0. The predicted octanol–water partition coefficient (Wildman–Crippen LogP) is 2.41. The molecule has 0 aliphatic heterocycles. The minimum atomic E-state index is -0.392. The summed E-state index contributed by atoms with van der Waals surface area (Å²) in [5, 5.41) is 10.4. The summed E-state index contributed by atoms with van der Waals surface area (Å²) in [4.78, 5) is 0. The molecule has 0 spiro atoms. The minimum Gasteiger partial charge on any atom is -0.388 e. The van der Waals surface area contributed by atoms with Crippen molar-refractivity contribution in [3.63, 3.8) is 0 Å². The van der Waals surface area contributed by atoms with Crippen molar-refractivity contribution in [2.24, 2.45) is 11.1 Å². The number of nitrogens with two attached hydrogens (primary N) is 1. The normalized spacial score (nSPS) is 20.2. The van der Waals surface area contributed by atoms with E-state index in [0.29, 0.717) is 6.54 Å². The molecule has 1 saturated carbocycles. The lowest BCUT2D eigenvalue weighted by Crippen LogP contribution is -2.42. The smallest absolute Gasteiger partial charge is 0.0858 e. The molecular formula is C14H21NO. The molecule has 1 atom stereocenters. The highest BCUT2D eigenvalue weighted by Gasteiger charge is 2.42. The summed E-state index contributed by atoms with van der Waals surface area (Å²) in [6.07, 6.45) is 3.96. The first-order chi connectivity index (χ1) is 7.72. The largest absolute Gasteiger partial charge is 0.388 e. The van der Waals surface area contributed by atoms with Crippen LogP contribution in [0.2, 0.25) is 0 Å². The molecule has 0 radical (unpaired) electrons. The molecule has 0 saturated heterocycles. The molecule has 0 bridgehead atoms. The van der Waals surface area contributed by atoms with Crippen LogP contribution < -0.4 is 5.73 Å². The molecule has 2 nitrogen and oxygen atoms in total. The molecular weight excluding hydrogens is 198 g/mol. The Bertz CT molecular complexity index is 335. The van der Waals surface area contributed by atoms with Crippen molar-refractivity contribution in [2.45, 2.75) is 38.7 Å². The molecule has 0 aromatic heterocycles. The summed E-state index contributed by atoms with van der Waals surface area (Å²) in [5.74, 6) is 0. The third-order valence-corrected chi connectivity index (χ3v) is 4.04. The molecule has 2 rings (SSSR count). The Morgan fingerprint density at radius 2 is 1.94 bits per heavy atom. The van der Waals surface area contributed by atoms with E-state index in [4.69, 9.17) is 5.73 Å². The first-order valence-electron chi connectivity index (χ1n) is 6.19. The highest BCUT2D eigenvalue weighted by Crippen LogP contribution is 2.49. The van der Waals surface area contributed by atoms with E-state index < -0.39 is 6.10 Å². The topological polar surface area (TPSA) is 46.2 Å². The number of benzene rings is 1. The van der Waals surface area contributed by atoms with Gasteiger partial charge in [0.05, 0.1) is 6.10 Å². The monoisotopic (exact) mass is 219 g/mol. The van der Waals surface area contributed by atoms with Crippen molar-refractivity contribution < 1.29 is 5.11 Å². The third-order valence-electron chi connectivity index (χ3n) is 4.04. The molecule has 1 aliphatic rings. The van der Waals surface area contributed by atoms with Gasteiger partial charge in [-0.15, -0.1) is 0 Å². The number of hydrogen-bond donors (Lipinski definition) is 2. The summed E-state index contributed by atoms with van der Waals surface area (Å²) >= 11 is 0. The molecule has 3 N–H and O–H groups in total. The number of hydrogen-bond acceptors (Lipinski definition) is 2. The number of aliphatic hydroxyl groups excluding tert-OH is 1. The molecule has 0 heterocycles. The molecule has 1 aliphatic carbocycles. The Morgan fingerprint density at radius 1 is 1.31 bits per heavy atom. The van der Waals surface area contributed by atoms with Gasteiger partial charge in [0.15, 0.2) is 0 Å². The van der Waals surface area contributed by atoms with E-state index in [-0.39, 0.29) is 5.41 Å². The lowest BCUT2D eigenvalue weighted by Gasteiger charge is -2.44. The predicted molar refractivity (Wildman–Crippen MR) is 66.1 cm³/mol. The Hall–Kier alpha value is -0.860. The second-order valence-corrected chi connectivity index (χ2v) is 4.92. The second kappa shape index (κ2) is 4.56. The standard InChI is InChI=1S/C14H21NO/c1-2-11-4-6-12(7-5-11)13(16)14(10-15)8-3-9-14/h4-7,13,16H,2-3,8-10,15H2,1H3. The van der Waals surface area contributed by atoms with Crippen molar-refractivity contribution in [3.8, 4) is 0 Å². The van der Waals surface area contributed by atoms with E-state index >= 15 is 0 Å². The van der Waals surface area contributed by atoms with Crippen molar-refractivity contribution in [3.05, 3.63) is 35.4 Å². The first kappa shape index (κ1) is 11.6. The van der Waals surface area contributed by atoms with Crippen LogP contribution in [-0.2, 0) is 6.42 Å². The van der Waals surface area contributed by atoms with Crippen molar-refractivity contribution in [1.29, 1.82) is 0 Å². The minimum absolute atomic E-state index is 0.0479. The van der Waals surface area contributed by atoms with Gasteiger partial charge in [0.2, 0.25) is 0 Å². The third kappa shape index (κ3) is 1.87. The van der Waals surface area contributed by atoms with Crippen LogP contribution >= 0.6 is 0 Å². The quantitative estimate of drug-likeness (QED) is 0.817. The van der Waals surface area contributed by atoms with Crippen molar-refractivity contribution >= 4 is 0 Å². The van der Waals surface area contributed by atoms with Crippen LogP contribution in [0.3, 0.4) is 0 Å². The van der Waals surface area contributed by atoms with Crippen LogP contribution in [-0.4, -0.2) is 11.7 Å². The van der Waals surface area contributed by atoms with Crippen LogP contribution in [0.25, 0.3) is 0 Å². The molecule has 88 valence electrons. The second-order valence-electron chi connectivity index (χ2n) is 4.92. The Morgan fingerprint density at radius 3 is 2.31 bits per heavy atom. The highest BCUT2D eigenvalue weighted by molar-refractivity contribution is 5.26. The fourth-order valence-corrected chi connectivity index (χ4v) is 2.51. The average molecular weight is 219 g/mol. The van der Waals surface area contributed by atoms with Crippen LogP contribution in [0, 0.1) is 5.41 Å². The fraction of sp³-hybridized carbons (Fsp3) is 0.571. The molecule has 1 unspecified atom stereocenters. The van der Waals surface area contributed by atoms with Crippen LogP contribution in [0.1, 0.15) is 43.4 Å². The van der Waals surface area contributed by atoms with Crippen LogP contribution in [0.5, 0.6) is 0 Å². The number of aliphatic hydroxyl groups is 1. The maximum Gasteiger partial charge on any atom is 0.0858 e. The highest BCUT2D eigenvalue weighted by atomic mass is 16.3. The fourth-order valence-electron chi connectivity index (χ4n) is 2.51. The Balaban J connectivity index is 2.16. The van der Waals surface area contributed by atoms with E-state index in [1.165, 1.54) is 12.0 Å². The van der Waals surface area contributed by atoms with Gasteiger partial charge in [0, 0.05) is 12.0 Å². The summed E-state index contributed by atoms with van der Waals surface area (Å²) in [6, 6.07) is 8.28. The molecule has 2 heteroatoms. The van der Waals surface area contributed by atoms with Gasteiger partial charge < -0.3 is 10.8 Å². The molecule has 1 aromatic rings. The summed E-state index contributed by atoms with van der Waals surface area (Å²) in [5.41, 5.74) is 8.08. The zero-order valence-electron chi connectivity index (χ0n) is 9.95. The van der Waals surface area contributed by atoms with E-state index in [1.54, 1.807) is 0 Å². The van der Waals surface area contributed by atoms with Gasteiger partial charge in [0.1, 0.15) is 0 Å². The van der Waals surface area contributed by atoms with Gasteiger partial charge in [-0.05, 0) is 30.4 Å². The lowest BCUT2D eigenvalue weighted by molar-refractivity contribution is -0.0297. The zero-order valence-corrected chi connectivity index (χ0v) is 9.95. The van der Waals surface area contributed by atoms with Crippen LogP contribution in [0.15, 0.2) is 24.3 Å². The van der Waals surface area contributed by atoms with Gasteiger partial charge in [0.25, 0.3) is 0 Å². The van der Waals surface area contributed by atoms with Gasteiger partial charge in [-0.3, -0.25) is 0 Å². The first-order valence-corrected chi connectivity index (χ1v) is 6.19. The summed E-state index contributed by atoms with van der Waals surface area (Å²) in [6.45, 7) is 2.72. The molecule has 16 heavy (non-hydrogen) atoms. The van der Waals surface area contributed by atoms with Gasteiger partial charge in [-0.25, -0.2) is 0 Å². The van der Waals surface area contributed by atoms with E-state index in [0.717, 1.165) is 24.8 Å². The molecule has 1 aromatic carbocycles. The lowest BCUT2D eigenvalue weighted by atomic mass is 9.63. The number of rotatable bonds is 4. The van der Waals surface area contributed by atoms with E-state index in [9.17, 15) is 5.11 Å². The van der Waals surface area contributed by atoms with E-state index in [2.05, 4.69) is 19.1 Å². The van der Waals surface area contributed by atoms with Crippen molar-refractivity contribution in [1.82, 2.24) is 0 Å². The van der Waals surface area contributed by atoms with Gasteiger partial charge in [-0.2, -0.15) is 0 Å². The van der Waals surface area contributed by atoms with Gasteiger partial charge in [-0.1, -0.05) is 37.6 Å². The van der Waals surface area contributed by atoms with E-state index in [1.807, 2.05) is 12.1 Å². The number of aryl methyl sites for hydroxylation is 1. The maximum absolute atomic E-state index is 10.4. The average Bonchev–Trinajstić information content (AvgIpc) is 2.28.